The van der Waals surface area contributed by atoms with Crippen molar-refractivity contribution in [1.29, 1.82) is 0 Å². The lowest BCUT2D eigenvalue weighted by Crippen LogP contribution is -2.45. The zero-order valence-corrected chi connectivity index (χ0v) is 14.0. The summed E-state index contributed by atoms with van der Waals surface area (Å²) in [5.74, 6) is -0.233. The number of aromatic nitrogens is 1. The van der Waals surface area contributed by atoms with Crippen LogP contribution < -0.4 is 5.32 Å². The van der Waals surface area contributed by atoms with Crippen molar-refractivity contribution in [1.82, 2.24) is 14.6 Å². The van der Waals surface area contributed by atoms with Crippen LogP contribution in [0, 0.1) is 0 Å². The molecule has 0 saturated carbocycles. The fourth-order valence-corrected chi connectivity index (χ4v) is 4.48. The average Bonchev–Trinajstić information content (AvgIpc) is 3.04. The predicted octanol–water partition coefficient (Wildman–Crippen LogP) is 1.14. The molecule has 0 aromatic carbocycles. The fraction of sp³-hybridized carbons (Fsp3) is 0.692. The Hall–Kier alpha value is -0.990. The molecule has 6 nitrogen and oxygen atoms in total. The Morgan fingerprint density at radius 1 is 1.57 bits per heavy atom. The molecule has 0 aliphatic carbocycles. The Balaban J connectivity index is 1.92. The van der Waals surface area contributed by atoms with Crippen molar-refractivity contribution in [3.63, 3.8) is 0 Å². The number of rotatable bonds is 6. The highest BCUT2D eigenvalue weighted by Crippen LogP contribution is 2.20. The summed E-state index contributed by atoms with van der Waals surface area (Å²) in [5.41, 5.74) is 0.834. The molecule has 1 fully saturated rings. The largest absolute Gasteiger partial charge is 0.349 e. The smallest absolute Gasteiger partial charge is 0.238 e. The maximum Gasteiger partial charge on any atom is 0.238 e. The Morgan fingerprint density at radius 2 is 2.33 bits per heavy atom. The fourth-order valence-electron chi connectivity index (χ4n) is 2.45. The molecule has 1 atom stereocenters. The van der Waals surface area contributed by atoms with Crippen LogP contribution in [-0.4, -0.2) is 42.5 Å². The van der Waals surface area contributed by atoms with Crippen LogP contribution >= 0.6 is 11.3 Å². The number of amides is 1. The minimum absolute atomic E-state index is 0.233. The Kier molecular flexibility index (Phi) is 5.34. The number of carbonyl (C=O) groups is 1. The molecule has 8 heteroatoms. The van der Waals surface area contributed by atoms with Gasteiger partial charge in [-0.05, 0) is 25.7 Å². The number of aryl methyl sites for hydroxylation is 1. The van der Waals surface area contributed by atoms with Crippen LogP contribution in [0.4, 0.5) is 0 Å². The summed E-state index contributed by atoms with van der Waals surface area (Å²) in [7, 11) is -3.32. The number of hydrogen-bond acceptors (Lipinski definition) is 5. The van der Waals surface area contributed by atoms with Gasteiger partial charge in [-0.2, -0.15) is 4.31 Å². The van der Waals surface area contributed by atoms with Gasteiger partial charge in [0.25, 0.3) is 0 Å². The van der Waals surface area contributed by atoms with Gasteiger partial charge >= 0.3 is 0 Å². The summed E-state index contributed by atoms with van der Waals surface area (Å²) in [4.78, 5) is 16.6. The molecule has 1 amide bonds. The molecule has 1 aromatic heterocycles. The number of hydrogen-bond donors (Lipinski definition) is 1. The van der Waals surface area contributed by atoms with Crippen molar-refractivity contribution in [2.75, 3.05) is 12.8 Å². The molecule has 0 radical (unpaired) electrons. The van der Waals surface area contributed by atoms with Crippen molar-refractivity contribution in [2.45, 2.75) is 45.2 Å². The summed E-state index contributed by atoms with van der Waals surface area (Å²) >= 11 is 1.59. The summed E-state index contributed by atoms with van der Waals surface area (Å²) < 4.78 is 24.5. The zero-order chi connectivity index (χ0) is 15.5. The number of nitrogens with one attached hydrogen (secondary N) is 1. The van der Waals surface area contributed by atoms with Crippen molar-refractivity contribution in [3.05, 3.63) is 16.1 Å². The molecule has 1 aliphatic heterocycles. The molecule has 0 bridgehead atoms. The summed E-state index contributed by atoms with van der Waals surface area (Å²) in [6, 6.07) is -0.575. The highest BCUT2D eigenvalue weighted by Gasteiger charge is 2.36. The highest BCUT2D eigenvalue weighted by atomic mass is 32.2. The van der Waals surface area contributed by atoms with E-state index in [0.29, 0.717) is 19.5 Å². The Morgan fingerprint density at radius 3 is 3.00 bits per heavy atom. The van der Waals surface area contributed by atoms with E-state index >= 15 is 0 Å². The first-order chi connectivity index (χ1) is 9.91. The third kappa shape index (κ3) is 4.24. The lowest BCUT2D eigenvalue weighted by Gasteiger charge is -2.21. The predicted molar refractivity (Wildman–Crippen MR) is 82.5 cm³/mol. The van der Waals surface area contributed by atoms with Gasteiger partial charge in [0.2, 0.25) is 15.9 Å². The van der Waals surface area contributed by atoms with Gasteiger partial charge in [0.15, 0.2) is 0 Å². The van der Waals surface area contributed by atoms with Crippen LogP contribution in [-0.2, 0) is 27.8 Å². The molecular formula is C13H21N3O3S2. The van der Waals surface area contributed by atoms with Gasteiger partial charge in [-0.3, -0.25) is 4.79 Å². The maximum atomic E-state index is 12.2. The molecule has 1 N–H and O–H groups in total. The van der Waals surface area contributed by atoms with E-state index in [1.54, 1.807) is 11.3 Å². The van der Waals surface area contributed by atoms with E-state index in [4.69, 9.17) is 0 Å². The van der Waals surface area contributed by atoms with Crippen molar-refractivity contribution in [3.8, 4) is 0 Å². The van der Waals surface area contributed by atoms with E-state index in [0.717, 1.165) is 36.2 Å². The number of carbonyl (C=O) groups excluding carboxylic acids is 1. The maximum absolute atomic E-state index is 12.2. The molecular weight excluding hydrogens is 310 g/mol. The van der Waals surface area contributed by atoms with Gasteiger partial charge in [-0.25, -0.2) is 13.4 Å². The lowest BCUT2D eigenvalue weighted by atomic mass is 10.2. The van der Waals surface area contributed by atoms with Gasteiger partial charge in [0.05, 0.1) is 23.5 Å². The number of sulfonamides is 1. The highest BCUT2D eigenvalue weighted by molar-refractivity contribution is 7.88. The van der Waals surface area contributed by atoms with Crippen LogP contribution in [0.5, 0.6) is 0 Å². The Bertz CT molecular complexity index is 598. The van der Waals surface area contributed by atoms with E-state index in [1.165, 1.54) is 4.31 Å². The molecule has 1 saturated heterocycles. The van der Waals surface area contributed by atoms with Crippen molar-refractivity contribution in [2.24, 2.45) is 0 Å². The second-order valence-corrected chi connectivity index (χ2v) is 8.11. The van der Waals surface area contributed by atoms with Gasteiger partial charge in [-0.1, -0.05) is 6.92 Å². The first-order valence-electron chi connectivity index (χ1n) is 7.09. The first kappa shape index (κ1) is 16.4. The van der Waals surface area contributed by atoms with Crippen LogP contribution in [0.25, 0.3) is 0 Å². The minimum atomic E-state index is -3.32. The second kappa shape index (κ2) is 6.85. The number of thiazole rings is 1. The standard InChI is InChI=1S/C13H21N3O3S2/c1-3-5-12-15-10(9-20-12)8-14-13(17)11-6-4-7-16(11)21(2,18)19/h9,11H,3-8H2,1-2H3,(H,14,17)/t11-/m0/s1. The van der Waals surface area contributed by atoms with E-state index in [-0.39, 0.29) is 5.91 Å². The van der Waals surface area contributed by atoms with Gasteiger partial charge < -0.3 is 5.32 Å². The molecule has 2 rings (SSSR count). The third-order valence-corrected chi connectivity index (χ3v) is 5.69. The zero-order valence-electron chi connectivity index (χ0n) is 12.3. The molecule has 0 unspecified atom stereocenters. The van der Waals surface area contributed by atoms with E-state index in [1.807, 2.05) is 5.38 Å². The molecule has 21 heavy (non-hydrogen) atoms. The summed E-state index contributed by atoms with van der Waals surface area (Å²) in [5, 5.41) is 5.81. The summed E-state index contributed by atoms with van der Waals surface area (Å²) in [6.45, 7) is 2.88. The van der Waals surface area contributed by atoms with Crippen molar-refractivity contribution >= 4 is 27.3 Å². The quantitative estimate of drug-likeness (QED) is 0.847. The van der Waals surface area contributed by atoms with Crippen molar-refractivity contribution < 1.29 is 13.2 Å². The number of nitrogens with zero attached hydrogens (tertiary/aromatic N) is 2. The SMILES string of the molecule is CCCc1nc(CNC(=O)[C@@H]2CCCN2S(C)(=O)=O)cs1. The monoisotopic (exact) mass is 331 g/mol. The lowest BCUT2D eigenvalue weighted by molar-refractivity contribution is -0.124. The van der Waals surface area contributed by atoms with Crippen LogP contribution in [0.2, 0.25) is 0 Å². The van der Waals surface area contributed by atoms with Gasteiger partial charge in [0, 0.05) is 11.9 Å². The van der Waals surface area contributed by atoms with Crippen LogP contribution in [0.15, 0.2) is 5.38 Å². The Labute approximate surface area is 129 Å². The molecule has 118 valence electrons. The van der Waals surface area contributed by atoms with Gasteiger partial charge in [-0.15, -0.1) is 11.3 Å². The van der Waals surface area contributed by atoms with Crippen LogP contribution in [0.3, 0.4) is 0 Å². The van der Waals surface area contributed by atoms with E-state index in [9.17, 15) is 13.2 Å². The van der Waals surface area contributed by atoms with E-state index < -0.39 is 16.1 Å². The van der Waals surface area contributed by atoms with Crippen LogP contribution in [0.1, 0.15) is 36.9 Å². The molecule has 2 heterocycles. The van der Waals surface area contributed by atoms with E-state index in [2.05, 4.69) is 17.2 Å². The topological polar surface area (TPSA) is 79.4 Å². The first-order valence-corrected chi connectivity index (χ1v) is 9.82. The average molecular weight is 331 g/mol. The minimum Gasteiger partial charge on any atom is -0.349 e. The summed E-state index contributed by atoms with van der Waals surface area (Å²) in [6.07, 6.45) is 4.45. The molecule has 0 spiro atoms. The second-order valence-electron chi connectivity index (χ2n) is 5.23. The normalized spacial score (nSPS) is 19.8. The molecule has 1 aliphatic rings. The third-order valence-electron chi connectivity index (χ3n) is 3.44. The molecule has 1 aromatic rings. The van der Waals surface area contributed by atoms with Gasteiger partial charge in [0.1, 0.15) is 6.04 Å².